The number of imide groups is 1. The van der Waals surface area contributed by atoms with Crippen molar-refractivity contribution in [1.82, 2.24) is 4.90 Å². The fourth-order valence-electron chi connectivity index (χ4n) is 5.99. The molecule has 0 aromatic heterocycles. The zero-order chi connectivity index (χ0) is 34.7. The van der Waals surface area contributed by atoms with Crippen LogP contribution < -0.4 is 24.7 Å². The van der Waals surface area contributed by atoms with Crippen LogP contribution in [0.3, 0.4) is 0 Å². The number of rotatable bonds is 10. The number of halogens is 3. The Morgan fingerprint density at radius 2 is 1.73 bits per heavy atom. The fraction of sp³-hybridized carbons (Fsp3) is 0.375. The van der Waals surface area contributed by atoms with E-state index in [1.807, 2.05) is 25.2 Å². The molecule has 0 bridgehead atoms. The standard InChI is InChI=1S/C32H35F3N4O8S/c1-39(17-22-6-13-28-29(16-22)46-20-45-28)14-2-3-24(18-39)38(30(41)27(36)15-21-4-9-25(40)10-5-21)31(42)37-23-7-11-26(12-8-23)47-48(43,44)19-32(33,34)35/h4-13,16,24,27H,2-3,14-15,17-20,36H2,1H3,(H-,37,40,42)/p+1/t24-,27-,39?/m0/s1. The van der Waals surface area contributed by atoms with E-state index in [9.17, 15) is 36.3 Å². The van der Waals surface area contributed by atoms with Gasteiger partial charge in [0.25, 0.3) is 0 Å². The lowest BCUT2D eigenvalue weighted by atomic mass is 9.98. The van der Waals surface area contributed by atoms with Crippen LogP contribution in [0, 0.1) is 0 Å². The highest BCUT2D eigenvalue weighted by atomic mass is 32.2. The van der Waals surface area contributed by atoms with Crippen LogP contribution in [-0.2, 0) is 27.9 Å². The maximum absolute atomic E-state index is 13.9. The zero-order valence-corrected chi connectivity index (χ0v) is 26.8. The Morgan fingerprint density at radius 3 is 2.42 bits per heavy atom. The number of likely N-dealkylation sites (tertiary alicyclic amines) is 1. The van der Waals surface area contributed by atoms with Gasteiger partial charge < -0.3 is 34.3 Å². The van der Waals surface area contributed by atoms with Gasteiger partial charge in [0.05, 0.1) is 25.7 Å². The molecule has 1 fully saturated rings. The summed E-state index contributed by atoms with van der Waals surface area (Å²) in [7, 11) is -2.91. The number of phenols is 1. The number of likely N-dealkylation sites (N-methyl/N-ethyl adjacent to an activating group) is 1. The van der Waals surface area contributed by atoms with Crippen molar-refractivity contribution >= 4 is 27.7 Å². The predicted octanol–water partition coefficient (Wildman–Crippen LogP) is 4.13. The van der Waals surface area contributed by atoms with Crippen LogP contribution in [0.15, 0.2) is 66.7 Å². The van der Waals surface area contributed by atoms with E-state index in [2.05, 4.69) is 9.50 Å². The Balaban J connectivity index is 1.34. The number of alkyl halides is 3. The van der Waals surface area contributed by atoms with Gasteiger partial charge in [-0.3, -0.25) is 9.69 Å². The maximum Gasteiger partial charge on any atom is 0.406 e. The number of aromatic hydroxyl groups is 1. The first-order chi connectivity index (χ1) is 22.6. The summed E-state index contributed by atoms with van der Waals surface area (Å²) >= 11 is 0. The first-order valence-corrected chi connectivity index (χ1v) is 16.6. The van der Waals surface area contributed by atoms with Crippen LogP contribution in [0.5, 0.6) is 23.0 Å². The van der Waals surface area contributed by atoms with Gasteiger partial charge in [0.1, 0.15) is 24.6 Å². The van der Waals surface area contributed by atoms with Gasteiger partial charge >= 0.3 is 22.3 Å². The molecule has 0 saturated carbocycles. The van der Waals surface area contributed by atoms with E-state index in [-0.39, 0.29) is 30.4 Å². The van der Waals surface area contributed by atoms with Gasteiger partial charge in [-0.05, 0) is 79.4 Å². The summed E-state index contributed by atoms with van der Waals surface area (Å²) in [5.41, 5.74) is 8.18. The largest absolute Gasteiger partial charge is 0.508 e. The SMILES string of the molecule is C[N+]1(Cc2ccc3c(c2)OCO3)CCC[C@H](N(C(=O)Nc2ccc(OS(=O)(=O)CC(F)(F)F)cc2)C(=O)[C@@H](N)Cc2ccc(O)cc2)C1. The van der Waals surface area contributed by atoms with Crippen molar-refractivity contribution in [2.24, 2.45) is 5.73 Å². The van der Waals surface area contributed by atoms with Crippen LogP contribution in [-0.4, -0.2) is 85.8 Å². The number of anilines is 1. The fourth-order valence-corrected chi connectivity index (χ4v) is 6.85. The number of nitrogens with one attached hydrogen (secondary N) is 1. The molecule has 3 aromatic carbocycles. The van der Waals surface area contributed by atoms with Gasteiger partial charge in [0.2, 0.25) is 12.7 Å². The third-order valence-electron chi connectivity index (χ3n) is 8.09. The van der Waals surface area contributed by atoms with Crippen molar-refractivity contribution in [2.75, 3.05) is 38.0 Å². The number of nitrogens with zero attached hydrogens (tertiary/aromatic N) is 2. The molecular formula is C32H36F3N4O8S+. The van der Waals surface area contributed by atoms with E-state index in [1.54, 1.807) is 12.1 Å². The number of amides is 3. The molecule has 0 radical (unpaired) electrons. The summed E-state index contributed by atoms with van der Waals surface area (Å²) in [6, 6.07) is 14.2. The Morgan fingerprint density at radius 1 is 1.06 bits per heavy atom. The van der Waals surface area contributed by atoms with Crippen molar-refractivity contribution < 1.29 is 54.4 Å². The van der Waals surface area contributed by atoms with Crippen LogP contribution in [0.2, 0.25) is 0 Å². The molecule has 3 atom stereocenters. The number of fused-ring (bicyclic) bond motifs is 1. The zero-order valence-electron chi connectivity index (χ0n) is 26.0. The van der Waals surface area contributed by atoms with E-state index in [0.717, 1.165) is 29.1 Å². The Kier molecular flexibility index (Phi) is 10.1. The number of carbonyl (C=O) groups is 2. The Labute approximate surface area is 275 Å². The summed E-state index contributed by atoms with van der Waals surface area (Å²) in [6.07, 6.45) is -3.67. The molecule has 12 nitrogen and oxygen atoms in total. The molecule has 0 aliphatic carbocycles. The molecule has 1 saturated heterocycles. The molecule has 258 valence electrons. The smallest absolute Gasteiger partial charge is 0.406 e. The van der Waals surface area contributed by atoms with E-state index in [1.165, 1.54) is 24.3 Å². The van der Waals surface area contributed by atoms with Gasteiger partial charge in [-0.1, -0.05) is 12.1 Å². The van der Waals surface area contributed by atoms with E-state index < -0.39 is 46.1 Å². The molecule has 3 amide bonds. The van der Waals surface area contributed by atoms with Gasteiger partial charge in [-0.15, -0.1) is 0 Å². The number of nitrogens with two attached hydrogens (primary N) is 1. The van der Waals surface area contributed by atoms with Crippen molar-refractivity contribution in [3.63, 3.8) is 0 Å². The van der Waals surface area contributed by atoms with Crippen LogP contribution >= 0.6 is 0 Å². The van der Waals surface area contributed by atoms with Gasteiger partial charge in [0.15, 0.2) is 17.3 Å². The highest BCUT2D eigenvalue weighted by Crippen LogP contribution is 2.34. The monoisotopic (exact) mass is 693 g/mol. The molecular weight excluding hydrogens is 657 g/mol. The highest BCUT2D eigenvalue weighted by Gasteiger charge is 2.41. The number of carbonyl (C=O) groups excluding carboxylic acids is 2. The quantitative estimate of drug-likeness (QED) is 0.210. The first-order valence-electron chi connectivity index (χ1n) is 15.1. The van der Waals surface area contributed by atoms with Crippen LogP contribution in [0.25, 0.3) is 0 Å². The molecule has 48 heavy (non-hydrogen) atoms. The van der Waals surface area contributed by atoms with Crippen LogP contribution in [0.4, 0.5) is 23.7 Å². The second-order valence-electron chi connectivity index (χ2n) is 12.2. The second-order valence-corrected chi connectivity index (χ2v) is 13.8. The number of urea groups is 1. The molecule has 3 aromatic rings. The molecule has 5 rings (SSSR count). The van der Waals surface area contributed by atoms with E-state index >= 15 is 0 Å². The normalized spacial score (nSPS) is 19.7. The van der Waals surface area contributed by atoms with Gasteiger partial charge in [-0.25, -0.2) is 4.79 Å². The lowest BCUT2D eigenvalue weighted by molar-refractivity contribution is -0.928. The minimum absolute atomic E-state index is 0.0516. The predicted molar refractivity (Wildman–Crippen MR) is 168 cm³/mol. The second kappa shape index (κ2) is 13.9. The summed E-state index contributed by atoms with van der Waals surface area (Å²) in [4.78, 5) is 28.9. The third-order valence-corrected chi connectivity index (χ3v) is 9.22. The minimum Gasteiger partial charge on any atom is -0.508 e. The van der Waals surface area contributed by atoms with Gasteiger partial charge in [-0.2, -0.15) is 21.6 Å². The number of hydrogen-bond acceptors (Lipinski definition) is 9. The molecule has 4 N–H and O–H groups in total. The molecule has 2 heterocycles. The average Bonchev–Trinajstić information content (AvgIpc) is 3.46. The Hall–Kier alpha value is -4.54. The topological polar surface area (TPSA) is 157 Å². The maximum atomic E-state index is 13.9. The van der Waals surface area contributed by atoms with Crippen molar-refractivity contribution in [3.8, 4) is 23.0 Å². The lowest BCUT2D eigenvalue weighted by Gasteiger charge is -2.44. The Bertz CT molecular complexity index is 1740. The molecule has 16 heteroatoms. The van der Waals surface area contributed by atoms with Crippen molar-refractivity contribution in [3.05, 3.63) is 77.9 Å². The minimum atomic E-state index is -4.98. The van der Waals surface area contributed by atoms with E-state index in [0.29, 0.717) is 47.5 Å². The summed E-state index contributed by atoms with van der Waals surface area (Å²) in [6.45, 7) is 1.95. The lowest BCUT2D eigenvalue weighted by Crippen LogP contribution is -2.62. The number of ether oxygens (including phenoxy) is 2. The number of phenolic OH excluding ortho intramolecular Hbond substituents is 1. The van der Waals surface area contributed by atoms with Gasteiger partial charge in [0, 0.05) is 11.3 Å². The van der Waals surface area contributed by atoms with Crippen molar-refractivity contribution in [2.45, 2.75) is 44.1 Å². The van der Waals surface area contributed by atoms with Crippen LogP contribution in [0.1, 0.15) is 24.0 Å². The molecule has 2 aliphatic heterocycles. The summed E-state index contributed by atoms with van der Waals surface area (Å²) < 4.78 is 77.3. The molecule has 2 aliphatic rings. The number of hydrogen-bond donors (Lipinski definition) is 3. The number of quaternary nitrogens is 1. The highest BCUT2D eigenvalue weighted by molar-refractivity contribution is 7.87. The van der Waals surface area contributed by atoms with Crippen molar-refractivity contribution in [1.29, 1.82) is 0 Å². The average molecular weight is 694 g/mol. The molecule has 0 spiro atoms. The number of piperidine rings is 1. The van der Waals surface area contributed by atoms with E-state index in [4.69, 9.17) is 15.2 Å². The molecule has 1 unspecified atom stereocenters. The third kappa shape index (κ3) is 9.08. The number of benzene rings is 3. The summed E-state index contributed by atoms with van der Waals surface area (Å²) in [5.74, 6) is -1.80. The summed E-state index contributed by atoms with van der Waals surface area (Å²) in [5, 5.41) is 12.3. The first kappa shape index (κ1) is 34.8.